The molecule has 8 aromatic carbocycles. The van der Waals surface area contributed by atoms with E-state index in [4.69, 9.17) is 0 Å². The van der Waals surface area contributed by atoms with Crippen LogP contribution in [-0.2, 0) is 0 Å². The summed E-state index contributed by atoms with van der Waals surface area (Å²) in [5.74, 6) is 0. The fourth-order valence-corrected chi connectivity index (χ4v) is 9.84. The summed E-state index contributed by atoms with van der Waals surface area (Å²) in [6.45, 7) is 0. The molecule has 49 heavy (non-hydrogen) atoms. The molecule has 0 aliphatic carbocycles. The lowest BCUT2D eigenvalue weighted by atomic mass is 9.98. The topological polar surface area (TPSA) is 3.24 Å². The molecule has 10 aromatic rings. The third kappa shape index (κ3) is 4.66. The summed E-state index contributed by atoms with van der Waals surface area (Å²) >= 11 is 3.80. The van der Waals surface area contributed by atoms with Crippen molar-refractivity contribution in [3.05, 3.63) is 176 Å². The first kappa shape index (κ1) is 28.3. The van der Waals surface area contributed by atoms with Crippen molar-refractivity contribution >= 4 is 90.9 Å². The Morgan fingerprint density at radius 1 is 0.347 bits per heavy atom. The number of benzene rings is 8. The van der Waals surface area contributed by atoms with Gasteiger partial charge >= 0.3 is 0 Å². The van der Waals surface area contributed by atoms with Crippen LogP contribution in [0.15, 0.2) is 176 Å². The molecule has 2 aromatic heterocycles. The fraction of sp³-hybridized carbons (Fsp3) is 0. The van der Waals surface area contributed by atoms with Crippen LogP contribution in [0.4, 0.5) is 17.1 Å². The highest BCUT2D eigenvalue weighted by atomic mass is 32.1. The minimum Gasteiger partial charge on any atom is -0.310 e. The van der Waals surface area contributed by atoms with Gasteiger partial charge in [-0.15, -0.1) is 22.7 Å². The normalized spacial score (nSPS) is 11.7. The molecule has 2 heterocycles. The number of hydrogen-bond acceptors (Lipinski definition) is 3. The average molecular weight is 660 g/mol. The molecular formula is C46H29NS2. The molecule has 230 valence electrons. The highest BCUT2D eigenvalue weighted by Crippen LogP contribution is 2.49. The summed E-state index contributed by atoms with van der Waals surface area (Å²) in [4.78, 5) is 2.45. The van der Waals surface area contributed by atoms with Gasteiger partial charge in [0.05, 0.1) is 5.69 Å². The van der Waals surface area contributed by atoms with Gasteiger partial charge in [0.2, 0.25) is 0 Å². The lowest BCUT2D eigenvalue weighted by Crippen LogP contribution is -2.10. The van der Waals surface area contributed by atoms with Gasteiger partial charge in [0, 0.05) is 51.7 Å². The second-order valence-electron chi connectivity index (χ2n) is 12.5. The van der Waals surface area contributed by atoms with E-state index in [9.17, 15) is 0 Å². The Hall–Kier alpha value is -5.74. The summed E-state index contributed by atoms with van der Waals surface area (Å²) in [6.07, 6.45) is 0. The first-order valence-electron chi connectivity index (χ1n) is 16.6. The number of rotatable bonds is 5. The van der Waals surface area contributed by atoms with Gasteiger partial charge in [-0.2, -0.15) is 0 Å². The maximum absolute atomic E-state index is 2.45. The van der Waals surface area contributed by atoms with Gasteiger partial charge in [0.15, 0.2) is 0 Å². The monoisotopic (exact) mass is 659 g/mol. The third-order valence-electron chi connectivity index (χ3n) is 9.68. The molecule has 0 atom stereocenters. The molecule has 0 spiro atoms. The number of nitrogens with zero attached hydrogens (tertiary/aromatic N) is 1. The first-order chi connectivity index (χ1) is 24.3. The van der Waals surface area contributed by atoms with Gasteiger partial charge in [-0.3, -0.25) is 0 Å². The number of hydrogen-bond donors (Lipinski definition) is 0. The van der Waals surface area contributed by atoms with Crippen molar-refractivity contribution in [3.8, 4) is 22.3 Å². The molecule has 1 nitrogen and oxygen atoms in total. The molecule has 0 N–H and O–H groups in total. The largest absolute Gasteiger partial charge is 0.310 e. The minimum absolute atomic E-state index is 1.13. The van der Waals surface area contributed by atoms with Gasteiger partial charge in [-0.25, -0.2) is 0 Å². The first-order valence-corrected chi connectivity index (χ1v) is 18.2. The molecule has 10 rings (SSSR count). The van der Waals surface area contributed by atoms with Crippen LogP contribution in [-0.4, -0.2) is 0 Å². The Bertz CT molecular complexity index is 2800. The van der Waals surface area contributed by atoms with Gasteiger partial charge in [-0.05, 0) is 81.6 Å². The van der Waals surface area contributed by atoms with E-state index in [-0.39, 0.29) is 0 Å². The van der Waals surface area contributed by atoms with Crippen LogP contribution >= 0.6 is 22.7 Å². The maximum atomic E-state index is 2.45. The van der Waals surface area contributed by atoms with Crippen LogP contribution in [0.25, 0.3) is 73.4 Å². The van der Waals surface area contributed by atoms with Crippen molar-refractivity contribution in [2.45, 2.75) is 0 Å². The van der Waals surface area contributed by atoms with Gasteiger partial charge in [0.25, 0.3) is 0 Å². The molecule has 0 saturated heterocycles. The summed E-state index contributed by atoms with van der Waals surface area (Å²) in [7, 11) is 0. The zero-order valence-electron chi connectivity index (χ0n) is 26.5. The van der Waals surface area contributed by atoms with Crippen molar-refractivity contribution < 1.29 is 0 Å². The summed E-state index contributed by atoms with van der Waals surface area (Å²) in [5.41, 5.74) is 8.35. The van der Waals surface area contributed by atoms with E-state index in [0.717, 1.165) is 11.4 Å². The van der Waals surface area contributed by atoms with E-state index in [1.165, 1.54) is 79.1 Å². The van der Waals surface area contributed by atoms with Crippen molar-refractivity contribution in [2.75, 3.05) is 4.90 Å². The van der Waals surface area contributed by atoms with Crippen LogP contribution in [0.5, 0.6) is 0 Å². The van der Waals surface area contributed by atoms with Gasteiger partial charge in [-0.1, -0.05) is 127 Å². The lowest BCUT2D eigenvalue weighted by molar-refractivity contribution is 1.30. The molecule has 3 heteroatoms. The molecule has 0 aliphatic rings. The second kappa shape index (κ2) is 11.5. The zero-order chi connectivity index (χ0) is 32.3. The van der Waals surface area contributed by atoms with Crippen LogP contribution in [0.1, 0.15) is 0 Å². The van der Waals surface area contributed by atoms with Crippen molar-refractivity contribution in [1.29, 1.82) is 0 Å². The molecular weight excluding hydrogens is 631 g/mol. The Kier molecular flexibility index (Phi) is 6.61. The van der Waals surface area contributed by atoms with Gasteiger partial charge < -0.3 is 4.90 Å². The number of fused-ring (bicyclic) bond motifs is 8. The standard InChI is InChI=1S/C46H29NS2/c1-2-10-30(11-3-1)31-20-24-34(25-21-31)47(35-26-22-33(23-27-35)37-16-8-13-32-12-4-5-14-36(32)37)40-17-9-19-42-44(40)45-43(48-42)29-28-39-38-15-6-7-18-41(38)49-46(39)45/h1-29H. The van der Waals surface area contributed by atoms with E-state index in [1.54, 1.807) is 0 Å². The number of thiophene rings is 2. The Balaban J connectivity index is 1.20. The Morgan fingerprint density at radius 2 is 0.959 bits per heavy atom. The molecule has 0 aliphatic heterocycles. The van der Waals surface area contributed by atoms with Crippen LogP contribution in [0.3, 0.4) is 0 Å². The smallest absolute Gasteiger partial charge is 0.0555 e. The quantitative estimate of drug-likeness (QED) is 0.178. The number of anilines is 3. The SMILES string of the molecule is c1ccc(-c2ccc(N(c3ccc(-c4cccc5ccccc45)cc3)c3cccc4sc5ccc6c7ccccc7sc6c5c34)cc2)cc1. The Morgan fingerprint density at radius 3 is 1.78 bits per heavy atom. The highest BCUT2D eigenvalue weighted by Gasteiger charge is 2.21. The zero-order valence-corrected chi connectivity index (χ0v) is 28.1. The van der Waals surface area contributed by atoms with E-state index < -0.39 is 0 Å². The predicted octanol–water partition coefficient (Wildman–Crippen LogP) is 14.4. The summed E-state index contributed by atoms with van der Waals surface area (Å²) in [5, 5.41) is 7.86. The van der Waals surface area contributed by atoms with E-state index in [1.807, 2.05) is 22.7 Å². The molecule has 0 radical (unpaired) electrons. The summed E-state index contributed by atoms with van der Waals surface area (Å²) in [6, 6.07) is 64.2. The Labute approximate surface area is 292 Å². The van der Waals surface area contributed by atoms with Crippen LogP contribution in [0.2, 0.25) is 0 Å². The van der Waals surface area contributed by atoms with Crippen molar-refractivity contribution in [2.24, 2.45) is 0 Å². The van der Waals surface area contributed by atoms with Crippen LogP contribution in [0, 0.1) is 0 Å². The fourth-order valence-electron chi connectivity index (χ4n) is 7.38. The second-order valence-corrected chi connectivity index (χ2v) is 14.6. The van der Waals surface area contributed by atoms with Gasteiger partial charge in [0.1, 0.15) is 0 Å². The molecule has 0 amide bonds. The van der Waals surface area contributed by atoms with E-state index >= 15 is 0 Å². The molecule has 0 fully saturated rings. The minimum atomic E-state index is 1.13. The maximum Gasteiger partial charge on any atom is 0.0555 e. The predicted molar refractivity (Wildman–Crippen MR) is 215 cm³/mol. The molecule has 0 saturated carbocycles. The molecule has 0 unspecified atom stereocenters. The lowest BCUT2D eigenvalue weighted by Gasteiger charge is -2.27. The summed E-state index contributed by atoms with van der Waals surface area (Å²) < 4.78 is 5.32. The highest BCUT2D eigenvalue weighted by molar-refractivity contribution is 7.29. The van der Waals surface area contributed by atoms with Crippen molar-refractivity contribution in [1.82, 2.24) is 0 Å². The molecule has 0 bridgehead atoms. The third-order valence-corrected chi connectivity index (χ3v) is 12.0. The average Bonchev–Trinajstić information content (AvgIpc) is 3.75. The van der Waals surface area contributed by atoms with Crippen molar-refractivity contribution in [3.63, 3.8) is 0 Å². The van der Waals surface area contributed by atoms with E-state index in [2.05, 4.69) is 181 Å². The van der Waals surface area contributed by atoms with E-state index in [0.29, 0.717) is 0 Å². The van der Waals surface area contributed by atoms with Crippen LogP contribution < -0.4 is 4.90 Å².